The molecule has 0 spiro atoms. The van der Waals surface area contributed by atoms with Crippen LogP contribution in [0.4, 0.5) is 0 Å². The van der Waals surface area contributed by atoms with E-state index in [1.54, 1.807) is 0 Å². The van der Waals surface area contributed by atoms with Crippen LogP contribution in [0.2, 0.25) is 0 Å². The zero-order valence-electron chi connectivity index (χ0n) is 6.59. The fourth-order valence-electron chi connectivity index (χ4n) is 1.36. The molecule has 1 saturated heterocycles. The molecule has 0 aliphatic carbocycles. The summed E-state index contributed by atoms with van der Waals surface area (Å²) in [6, 6.07) is 0. The SMILES string of the molecule is CC[C@@H]1OC(=O)CC[C@@H]1C. The van der Waals surface area contributed by atoms with Crippen molar-refractivity contribution in [2.45, 2.75) is 39.2 Å². The lowest BCUT2D eigenvalue weighted by molar-refractivity contribution is -0.157. The second kappa shape index (κ2) is 3.04. The number of ether oxygens (including phenoxy) is 1. The minimum Gasteiger partial charge on any atom is -0.462 e. The maximum absolute atomic E-state index is 10.8. The summed E-state index contributed by atoms with van der Waals surface area (Å²) in [6.45, 7) is 4.19. The van der Waals surface area contributed by atoms with Crippen molar-refractivity contribution in [1.82, 2.24) is 0 Å². The van der Waals surface area contributed by atoms with Crippen molar-refractivity contribution >= 4 is 5.97 Å². The lowest BCUT2D eigenvalue weighted by Crippen LogP contribution is -2.30. The van der Waals surface area contributed by atoms with Crippen LogP contribution in [0.15, 0.2) is 0 Å². The zero-order chi connectivity index (χ0) is 7.56. The van der Waals surface area contributed by atoms with E-state index in [1.807, 2.05) is 0 Å². The van der Waals surface area contributed by atoms with Gasteiger partial charge in [-0.25, -0.2) is 0 Å². The number of carbonyl (C=O) groups is 1. The Hall–Kier alpha value is -0.530. The molecule has 0 N–H and O–H groups in total. The second-order valence-electron chi connectivity index (χ2n) is 2.95. The molecule has 2 nitrogen and oxygen atoms in total. The topological polar surface area (TPSA) is 26.3 Å². The first kappa shape index (κ1) is 7.58. The van der Waals surface area contributed by atoms with Crippen LogP contribution in [0.5, 0.6) is 0 Å². The number of rotatable bonds is 1. The highest BCUT2D eigenvalue weighted by Crippen LogP contribution is 2.22. The number of esters is 1. The molecule has 0 aromatic carbocycles. The zero-order valence-corrected chi connectivity index (χ0v) is 6.59. The third-order valence-corrected chi connectivity index (χ3v) is 2.12. The summed E-state index contributed by atoms with van der Waals surface area (Å²) in [5.74, 6) is 0.535. The van der Waals surface area contributed by atoms with Gasteiger partial charge in [0, 0.05) is 6.42 Å². The third kappa shape index (κ3) is 1.49. The summed E-state index contributed by atoms with van der Waals surface area (Å²) < 4.78 is 5.11. The lowest BCUT2D eigenvalue weighted by atomic mass is 9.95. The van der Waals surface area contributed by atoms with Crippen molar-refractivity contribution in [3.63, 3.8) is 0 Å². The van der Waals surface area contributed by atoms with Crippen LogP contribution >= 0.6 is 0 Å². The molecule has 2 heteroatoms. The van der Waals surface area contributed by atoms with Gasteiger partial charge >= 0.3 is 5.97 Å². The monoisotopic (exact) mass is 142 g/mol. The smallest absolute Gasteiger partial charge is 0.306 e. The minimum atomic E-state index is -0.0232. The lowest BCUT2D eigenvalue weighted by Gasteiger charge is -2.27. The molecule has 10 heavy (non-hydrogen) atoms. The Morgan fingerprint density at radius 1 is 1.70 bits per heavy atom. The fraction of sp³-hybridized carbons (Fsp3) is 0.875. The number of hydrogen-bond donors (Lipinski definition) is 0. The number of carbonyl (C=O) groups excluding carboxylic acids is 1. The Bertz CT molecular complexity index is 131. The molecule has 0 bridgehead atoms. The van der Waals surface area contributed by atoms with Crippen LogP contribution in [0, 0.1) is 5.92 Å². The van der Waals surface area contributed by atoms with Crippen molar-refractivity contribution in [2.24, 2.45) is 5.92 Å². The van der Waals surface area contributed by atoms with Gasteiger partial charge in [0.2, 0.25) is 0 Å². The van der Waals surface area contributed by atoms with Crippen LogP contribution in [0.1, 0.15) is 33.1 Å². The minimum absolute atomic E-state index is 0.0232. The summed E-state index contributed by atoms with van der Waals surface area (Å²) in [4.78, 5) is 10.8. The van der Waals surface area contributed by atoms with E-state index >= 15 is 0 Å². The Morgan fingerprint density at radius 3 is 2.90 bits per heavy atom. The standard InChI is InChI=1S/C8H14O2/c1-3-7-6(2)4-5-8(9)10-7/h6-7H,3-5H2,1-2H3/t6-,7-/m0/s1. The van der Waals surface area contributed by atoms with E-state index in [9.17, 15) is 4.79 Å². The average Bonchev–Trinajstić information content (AvgIpc) is 1.94. The predicted molar refractivity (Wildman–Crippen MR) is 38.6 cm³/mol. The van der Waals surface area contributed by atoms with Gasteiger partial charge in [0.1, 0.15) is 6.10 Å². The summed E-state index contributed by atoms with van der Waals surface area (Å²) in [7, 11) is 0. The highest BCUT2D eigenvalue weighted by molar-refractivity contribution is 5.70. The quantitative estimate of drug-likeness (QED) is 0.521. The van der Waals surface area contributed by atoms with Crippen LogP contribution in [-0.4, -0.2) is 12.1 Å². The van der Waals surface area contributed by atoms with Gasteiger partial charge < -0.3 is 4.74 Å². The highest BCUT2D eigenvalue weighted by atomic mass is 16.5. The van der Waals surface area contributed by atoms with E-state index in [-0.39, 0.29) is 12.1 Å². The normalized spacial score (nSPS) is 33.6. The molecule has 0 radical (unpaired) electrons. The first-order valence-electron chi connectivity index (χ1n) is 3.93. The van der Waals surface area contributed by atoms with Crippen LogP contribution < -0.4 is 0 Å². The molecule has 0 amide bonds. The van der Waals surface area contributed by atoms with Gasteiger partial charge in [-0.3, -0.25) is 4.79 Å². The first-order chi connectivity index (χ1) is 4.74. The van der Waals surface area contributed by atoms with Gasteiger partial charge in [0.25, 0.3) is 0 Å². The van der Waals surface area contributed by atoms with Gasteiger partial charge in [-0.2, -0.15) is 0 Å². The molecule has 1 heterocycles. The van der Waals surface area contributed by atoms with Crippen molar-refractivity contribution in [2.75, 3.05) is 0 Å². The molecule has 0 aromatic rings. The van der Waals surface area contributed by atoms with Crippen LogP contribution in [-0.2, 0) is 9.53 Å². The number of hydrogen-bond acceptors (Lipinski definition) is 2. The molecule has 0 saturated carbocycles. The Balaban J connectivity index is 2.45. The molecule has 1 rings (SSSR count). The molecule has 58 valence electrons. The van der Waals surface area contributed by atoms with Crippen molar-refractivity contribution in [1.29, 1.82) is 0 Å². The van der Waals surface area contributed by atoms with Crippen molar-refractivity contribution in [3.05, 3.63) is 0 Å². The van der Waals surface area contributed by atoms with E-state index in [1.165, 1.54) is 0 Å². The summed E-state index contributed by atoms with van der Waals surface area (Å²) in [5.41, 5.74) is 0. The average molecular weight is 142 g/mol. The van der Waals surface area contributed by atoms with Gasteiger partial charge in [-0.15, -0.1) is 0 Å². The molecule has 1 fully saturated rings. The Morgan fingerprint density at radius 2 is 2.40 bits per heavy atom. The maximum atomic E-state index is 10.8. The fourth-order valence-corrected chi connectivity index (χ4v) is 1.36. The maximum Gasteiger partial charge on any atom is 0.306 e. The van der Waals surface area contributed by atoms with Crippen molar-refractivity contribution in [3.8, 4) is 0 Å². The molecule has 1 aliphatic rings. The molecule has 0 unspecified atom stereocenters. The van der Waals surface area contributed by atoms with Crippen molar-refractivity contribution < 1.29 is 9.53 Å². The molecule has 2 atom stereocenters. The largest absolute Gasteiger partial charge is 0.462 e. The molecular formula is C8H14O2. The van der Waals surface area contributed by atoms with Gasteiger partial charge in [0.15, 0.2) is 0 Å². The number of cyclic esters (lactones) is 1. The first-order valence-corrected chi connectivity index (χ1v) is 3.93. The predicted octanol–water partition coefficient (Wildman–Crippen LogP) is 1.74. The van der Waals surface area contributed by atoms with E-state index < -0.39 is 0 Å². The molecule has 1 aliphatic heterocycles. The third-order valence-electron chi connectivity index (χ3n) is 2.12. The van der Waals surface area contributed by atoms with Gasteiger partial charge in [-0.05, 0) is 18.8 Å². The molecular weight excluding hydrogens is 128 g/mol. The van der Waals surface area contributed by atoms with Crippen LogP contribution in [0.3, 0.4) is 0 Å². The van der Waals surface area contributed by atoms with E-state index in [0.717, 1.165) is 12.8 Å². The van der Waals surface area contributed by atoms with Crippen LogP contribution in [0.25, 0.3) is 0 Å². The highest BCUT2D eigenvalue weighted by Gasteiger charge is 2.25. The Kier molecular flexibility index (Phi) is 2.30. The molecule has 0 aromatic heterocycles. The van der Waals surface area contributed by atoms with E-state index in [4.69, 9.17) is 4.74 Å². The Labute approximate surface area is 61.6 Å². The summed E-state index contributed by atoms with van der Waals surface area (Å²) in [5, 5.41) is 0. The van der Waals surface area contributed by atoms with Gasteiger partial charge in [0.05, 0.1) is 0 Å². The van der Waals surface area contributed by atoms with E-state index in [0.29, 0.717) is 12.3 Å². The van der Waals surface area contributed by atoms with Gasteiger partial charge in [-0.1, -0.05) is 13.8 Å². The van der Waals surface area contributed by atoms with E-state index in [2.05, 4.69) is 13.8 Å². The summed E-state index contributed by atoms with van der Waals surface area (Å²) >= 11 is 0. The second-order valence-corrected chi connectivity index (χ2v) is 2.95. The summed E-state index contributed by atoms with van der Waals surface area (Å²) in [6.07, 6.45) is 2.74.